The smallest absolute Gasteiger partial charge is 0.239 e. The van der Waals surface area contributed by atoms with E-state index in [9.17, 15) is 4.79 Å². The predicted molar refractivity (Wildman–Crippen MR) is 77.5 cm³/mol. The number of amides is 1. The van der Waals surface area contributed by atoms with Gasteiger partial charge in [0, 0.05) is 6.04 Å². The molecule has 0 aliphatic carbocycles. The second-order valence-corrected chi connectivity index (χ2v) is 5.00. The lowest BCUT2D eigenvalue weighted by Crippen LogP contribution is -2.36. The summed E-state index contributed by atoms with van der Waals surface area (Å²) in [5.41, 5.74) is 0.669. The number of halogens is 2. The Morgan fingerprint density at radius 1 is 1.39 bits per heavy atom. The van der Waals surface area contributed by atoms with Gasteiger partial charge in [0.25, 0.3) is 0 Å². The van der Waals surface area contributed by atoms with Crippen molar-refractivity contribution in [3.63, 3.8) is 0 Å². The predicted octanol–water partition coefficient (Wildman–Crippen LogP) is 3.71. The second kappa shape index (κ2) is 7.49. The third-order valence-corrected chi connectivity index (χ3v) is 3.34. The van der Waals surface area contributed by atoms with E-state index in [4.69, 9.17) is 23.2 Å². The maximum Gasteiger partial charge on any atom is 0.239 e. The van der Waals surface area contributed by atoms with Crippen molar-refractivity contribution in [1.29, 1.82) is 0 Å². The van der Waals surface area contributed by atoms with Crippen LogP contribution in [-0.4, -0.2) is 18.5 Å². The van der Waals surface area contributed by atoms with Crippen molar-refractivity contribution >= 4 is 34.8 Å². The Morgan fingerprint density at radius 2 is 2.11 bits per heavy atom. The molecule has 0 saturated heterocycles. The quantitative estimate of drug-likeness (QED) is 0.838. The molecule has 1 amide bonds. The first-order valence-electron chi connectivity index (χ1n) is 6.01. The van der Waals surface area contributed by atoms with E-state index in [-0.39, 0.29) is 18.5 Å². The van der Waals surface area contributed by atoms with E-state index in [0.717, 1.165) is 12.8 Å². The van der Waals surface area contributed by atoms with E-state index in [1.165, 1.54) is 0 Å². The van der Waals surface area contributed by atoms with Crippen LogP contribution in [0.3, 0.4) is 0 Å². The zero-order chi connectivity index (χ0) is 13.5. The maximum absolute atomic E-state index is 11.6. The fourth-order valence-corrected chi connectivity index (χ4v) is 2.01. The molecule has 18 heavy (non-hydrogen) atoms. The molecule has 5 heteroatoms. The second-order valence-electron chi connectivity index (χ2n) is 4.21. The Balaban J connectivity index is 2.45. The van der Waals surface area contributed by atoms with Crippen LogP contribution in [0.1, 0.15) is 26.7 Å². The molecule has 2 N–H and O–H groups in total. The lowest BCUT2D eigenvalue weighted by Gasteiger charge is -2.14. The fraction of sp³-hybridized carbons (Fsp3) is 0.462. The highest BCUT2D eigenvalue weighted by molar-refractivity contribution is 6.43. The molecule has 0 aromatic heterocycles. The summed E-state index contributed by atoms with van der Waals surface area (Å²) in [4.78, 5) is 11.6. The Morgan fingerprint density at radius 3 is 2.78 bits per heavy atom. The zero-order valence-corrected chi connectivity index (χ0v) is 12.1. The van der Waals surface area contributed by atoms with Crippen molar-refractivity contribution in [3.8, 4) is 0 Å². The van der Waals surface area contributed by atoms with E-state index < -0.39 is 0 Å². The molecule has 1 rings (SSSR count). The number of benzene rings is 1. The van der Waals surface area contributed by atoms with E-state index >= 15 is 0 Å². The van der Waals surface area contributed by atoms with Crippen LogP contribution >= 0.6 is 23.2 Å². The van der Waals surface area contributed by atoms with Gasteiger partial charge in [0.2, 0.25) is 5.91 Å². The van der Waals surface area contributed by atoms with Gasteiger partial charge in [-0.15, -0.1) is 0 Å². The molecule has 1 aromatic carbocycles. The first kappa shape index (κ1) is 15.1. The number of rotatable bonds is 6. The van der Waals surface area contributed by atoms with Gasteiger partial charge in [-0.1, -0.05) is 42.6 Å². The highest BCUT2D eigenvalue weighted by Gasteiger charge is 2.08. The van der Waals surface area contributed by atoms with Crippen LogP contribution in [0.2, 0.25) is 10.0 Å². The highest BCUT2D eigenvalue weighted by Crippen LogP contribution is 2.29. The molecular weight excluding hydrogens is 271 g/mol. The summed E-state index contributed by atoms with van der Waals surface area (Å²) in [6, 6.07) is 5.47. The molecule has 100 valence electrons. The van der Waals surface area contributed by atoms with Crippen LogP contribution in [0, 0.1) is 0 Å². The third kappa shape index (κ3) is 4.75. The molecule has 0 heterocycles. The third-order valence-electron chi connectivity index (χ3n) is 2.52. The number of hydrogen-bond donors (Lipinski definition) is 2. The Bertz CT molecular complexity index is 410. The van der Waals surface area contributed by atoms with Gasteiger partial charge in [-0.3, -0.25) is 4.79 Å². The van der Waals surface area contributed by atoms with E-state index in [0.29, 0.717) is 15.7 Å². The summed E-state index contributed by atoms with van der Waals surface area (Å²) in [6.45, 7) is 4.27. The Labute approximate surface area is 118 Å². The molecule has 1 unspecified atom stereocenters. The van der Waals surface area contributed by atoms with Crippen molar-refractivity contribution in [3.05, 3.63) is 28.2 Å². The minimum absolute atomic E-state index is 0.0491. The van der Waals surface area contributed by atoms with Crippen molar-refractivity contribution in [2.75, 3.05) is 11.9 Å². The fourth-order valence-electron chi connectivity index (χ4n) is 1.65. The average Bonchev–Trinajstić information content (AvgIpc) is 2.31. The van der Waals surface area contributed by atoms with Crippen LogP contribution in [0.25, 0.3) is 0 Å². The van der Waals surface area contributed by atoms with E-state index in [1.807, 2.05) is 6.92 Å². The molecule has 0 spiro atoms. The molecule has 0 aliphatic heterocycles. The summed E-state index contributed by atoms with van der Waals surface area (Å²) in [7, 11) is 0. The van der Waals surface area contributed by atoms with Gasteiger partial charge in [-0.2, -0.15) is 0 Å². The summed E-state index contributed by atoms with van der Waals surface area (Å²) < 4.78 is 0. The number of anilines is 1. The normalized spacial score (nSPS) is 12.0. The van der Waals surface area contributed by atoms with Gasteiger partial charge in [-0.05, 0) is 25.5 Å². The van der Waals surface area contributed by atoms with Crippen LogP contribution in [-0.2, 0) is 4.79 Å². The molecule has 0 saturated carbocycles. The van der Waals surface area contributed by atoms with E-state index in [2.05, 4.69) is 17.6 Å². The summed E-state index contributed by atoms with van der Waals surface area (Å²) in [5.74, 6) is -0.0491. The molecule has 0 bridgehead atoms. The van der Waals surface area contributed by atoms with Crippen molar-refractivity contribution < 1.29 is 4.79 Å². The van der Waals surface area contributed by atoms with E-state index in [1.54, 1.807) is 18.2 Å². The van der Waals surface area contributed by atoms with Gasteiger partial charge >= 0.3 is 0 Å². The number of nitrogens with one attached hydrogen (secondary N) is 2. The molecule has 0 aliphatic rings. The van der Waals surface area contributed by atoms with Gasteiger partial charge in [-0.25, -0.2) is 0 Å². The van der Waals surface area contributed by atoms with Crippen molar-refractivity contribution in [2.24, 2.45) is 0 Å². The lowest BCUT2D eigenvalue weighted by atomic mass is 10.2. The molecule has 0 fully saturated rings. The van der Waals surface area contributed by atoms with Crippen LogP contribution < -0.4 is 10.6 Å². The Kier molecular flexibility index (Phi) is 6.30. The summed E-state index contributed by atoms with van der Waals surface area (Å²) in [5, 5.41) is 6.79. The monoisotopic (exact) mass is 288 g/mol. The van der Waals surface area contributed by atoms with Crippen LogP contribution in [0.4, 0.5) is 5.69 Å². The van der Waals surface area contributed by atoms with Gasteiger partial charge in [0.05, 0.1) is 22.3 Å². The molecule has 0 radical (unpaired) electrons. The Hall–Kier alpha value is -0.930. The molecule has 1 atom stereocenters. The maximum atomic E-state index is 11.6. The topological polar surface area (TPSA) is 41.1 Å². The molecule has 1 aromatic rings. The lowest BCUT2D eigenvalue weighted by molar-refractivity contribution is -0.120. The average molecular weight is 289 g/mol. The zero-order valence-electron chi connectivity index (χ0n) is 10.6. The number of hydrogen-bond acceptors (Lipinski definition) is 2. The summed E-state index contributed by atoms with van der Waals surface area (Å²) in [6.07, 6.45) is 2.03. The minimum atomic E-state index is -0.0491. The molecule has 3 nitrogen and oxygen atoms in total. The first-order chi connectivity index (χ1) is 8.54. The van der Waals surface area contributed by atoms with Gasteiger partial charge in [0.15, 0.2) is 0 Å². The standard InChI is InChI=1S/C13H18Cl2N2O/c1-3-5-9(2)17-12(18)8-16-11-7-4-6-10(14)13(11)15/h4,6-7,9,16H,3,5,8H2,1-2H3,(H,17,18). The SMILES string of the molecule is CCCC(C)NC(=O)CNc1cccc(Cl)c1Cl. The number of carbonyl (C=O) groups excluding carboxylic acids is 1. The van der Waals surface area contributed by atoms with Gasteiger partial charge in [0.1, 0.15) is 0 Å². The van der Waals surface area contributed by atoms with Gasteiger partial charge < -0.3 is 10.6 Å². The van der Waals surface area contributed by atoms with Crippen LogP contribution in [0.15, 0.2) is 18.2 Å². The largest absolute Gasteiger partial charge is 0.375 e. The minimum Gasteiger partial charge on any atom is -0.375 e. The van der Waals surface area contributed by atoms with Crippen LogP contribution in [0.5, 0.6) is 0 Å². The van der Waals surface area contributed by atoms with Crippen molar-refractivity contribution in [2.45, 2.75) is 32.7 Å². The highest BCUT2D eigenvalue weighted by atomic mass is 35.5. The number of carbonyl (C=O) groups is 1. The van der Waals surface area contributed by atoms with Crippen molar-refractivity contribution in [1.82, 2.24) is 5.32 Å². The molecular formula is C13H18Cl2N2O. The summed E-state index contributed by atoms with van der Waals surface area (Å²) >= 11 is 11.9. The first-order valence-corrected chi connectivity index (χ1v) is 6.77.